The Bertz CT molecular complexity index is 1060. The number of aliphatic hydroxyl groups is 1. The molecule has 3 aromatic rings. The van der Waals surface area contributed by atoms with E-state index in [1.807, 2.05) is 19.1 Å². The lowest BCUT2D eigenvalue weighted by Crippen LogP contribution is -2.26. The number of aliphatic hydroxyl groups excluding tert-OH is 1. The van der Waals surface area contributed by atoms with Gasteiger partial charge in [0.2, 0.25) is 0 Å². The van der Waals surface area contributed by atoms with Gasteiger partial charge in [-0.1, -0.05) is 55.5 Å². The summed E-state index contributed by atoms with van der Waals surface area (Å²) < 4.78 is 75.6. The number of ether oxygens (including phenoxy) is 1. The van der Waals surface area contributed by atoms with Crippen molar-refractivity contribution in [2.45, 2.75) is 51.7 Å². The van der Waals surface area contributed by atoms with Crippen LogP contribution < -0.4 is 4.74 Å². The van der Waals surface area contributed by atoms with Gasteiger partial charge in [0, 0.05) is 0 Å². The Morgan fingerprint density at radius 1 is 0.909 bits per heavy atom. The van der Waals surface area contributed by atoms with Crippen LogP contribution >= 0.6 is 0 Å². The van der Waals surface area contributed by atoms with Gasteiger partial charge in [0.15, 0.2) is 11.6 Å². The first-order valence-electron chi connectivity index (χ1n) is 10.6. The fourth-order valence-corrected chi connectivity index (χ4v) is 3.50. The summed E-state index contributed by atoms with van der Waals surface area (Å²) in [5, 5.41) is 9.59. The van der Waals surface area contributed by atoms with Gasteiger partial charge in [0.25, 0.3) is 6.43 Å². The second-order valence-electron chi connectivity index (χ2n) is 7.85. The topological polar surface area (TPSA) is 29.5 Å². The Morgan fingerprint density at radius 3 is 2.06 bits per heavy atom. The Hall–Kier alpha value is -2.93. The van der Waals surface area contributed by atoms with Gasteiger partial charge < -0.3 is 9.84 Å². The van der Waals surface area contributed by atoms with Crippen LogP contribution in [0.5, 0.6) is 5.75 Å². The third kappa shape index (κ3) is 6.11. The van der Waals surface area contributed by atoms with E-state index in [0.717, 1.165) is 24.1 Å². The fraction of sp³-hybridized carbons (Fsp3) is 0.308. The van der Waals surface area contributed by atoms with Crippen molar-refractivity contribution >= 4 is 0 Å². The lowest BCUT2D eigenvalue weighted by atomic mass is 9.97. The van der Waals surface area contributed by atoms with Crippen LogP contribution in [-0.4, -0.2) is 11.2 Å². The molecule has 3 aromatic carbocycles. The van der Waals surface area contributed by atoms with Crippen LogP contribution in [0.1, 0.15) is 55.1 Å². The minimum Gasteiger partial charge on any atom is -0.429 e. The summed E-state index contributed by atoms with van der Waals surface area (Å²) in [5.74, 6) is -2.45. The van der Waals surface area contributed by atoms with E-state index in [0.29, 0.717) is 11.1 Å². The quantitative estimate of drug-likeness (QED) is 0.330. The summed E-state index contributed by atoms with van der Waals surface area (Å²) in [7, 11) is 0. The molecule has 0 heterocycles. The largest absolute Gasteiger partial charge is 0.429 e. The van der Waals surface area contributed by atoms with Crippen LogP contribution in [0.2, 0.25) is 0 Å². The molecular weight excluding hydrogens is 439 g/mol. The molecule has 0 radical (unpaired) electrons. The SMILES string of the molecule is CCc1ccc(CCC(F)(F)Oc2ccc(-c3ccc(C(C)O)cc3)c(C(F)F)c2F)cc1. The zero-order chi connectivity index (χ0) is 24.2. The van der Waals surface area contributed by atoms with Crippen LogP contribution in [0.25, 0.3) is 11.1 Å². The Balaban J connectivity index is 1.81. The number of halogens is 5. The highest BCUT2D eigenvalue weighted by Gasteiger charge is 2.34. The highest BCUT2D eigenvalue weighted by Crippen LogP contribution is 2.39. The molecule has 0 saturated heterocycles. The van der Waals surface area contributed by atoms with Gasteiger partial charge >= 0.3 is 6.11 Å². The van der Waals surface area contributed by atoms with Gasteiger partial charge in [-0.05, 0) is 59.7 Å². The van der Waals surface area contributed by atoms with E-state index in [1.165, 1.54) is 24.3 Å². The zero-order valence-electron chi connectivity index (χ0n) is 18.3. The van der Waals surface area contributed by atoms with Crippen LogP contribution in [0.4, 0.5) is 22.0 Å². The van der Waals surface area contributed by atoms with Crippen molar-refractivity contribution in [3.63, 3.8) is 0 Å². The molecule has 0 saturated carbocycles. The second-order valence-corrected chi connectivity index (χ2v) is 7.85. The molecule has 7 heteroatoms. The number of alkyl halides is 4. The third-order valence-electron chi connectivity index (χ3n) is 5.46. The summed E-state index contributed by atoms with van der Waals surface area (Å²) in [6.07, 6.45) is -7.67. The lowest BCUT2D eigenvalue weighted by molar-refractivity contribution is -0.181. The molecule has 1 N–H and O–H groups in total. The van der Waals surface area contributed by atoms with E-state index in [2.05, 4.69) is 4.74 Å². The monoisotopic (exact) mass is 464 g/mol. The number of rotatable bonds is 9. The number of benzene rings is 3. The summed E-state index contributed by atoms with van der Waals surface area (Å²) >= 11 is 0. The summed E-state index contributed by atoms with van der Waals surface area (Å²) in [5.41, 5.74) is 1.42. The molecule has 2 nitrogen and oxygen atoms in total. The number of hydrogen-bond acceptors (Lipinski definition) is 2. The molecule has 0 aromatic heterocycles. The van der Waals surface area contributed by atoms with Crippen molar-refractivity contribution < 1.29 is 31.8 Å². The maximum Gasteiger partial charge on any atom is 0.398 e. The van der Waals surface area contributed by atoms with Gasteiger partial charge in [0.1, 0.15) is 0 Å². The van der Waals surface area contributed by atoms with E-state index in [-0.39, 0.29) is 17.5 Å². The minimum absolute atomic E-state index is 0.0198. The first kappa shape index (κ1) is 24.7. The van der Waals surface area contributed by atoms with Crippen molar-refractivity contribution in [2.75, 3.05) is 0 Å². The van der Waals surface area contributed by atoms with Gasteiger partial charge in [-0.15, -0.1) is 0 Å². The highest BCUT2D eigenvalue weighted by molar-refractivity contribution is 5.69. The standard InChI is InChI=1S/C26H25F5O2/c1-3-17-4-6-18(7-5-17)14-15-26(30,31)33-22-13-12-21(23(24(22)27)25(28)29)20-10-8-19(9-11-20)16(2)32/h4-13,16,25,32H,3,14-15H2,1-2H3. The third-order valence-corrected chi connectivity index (χ3v) is 5.46. The van der Waals surface area contributed by atoms with Gasteiger partial charge in [0.05, 0.1) is 18.1 Å². The normalized spacial score (nSPS) is 12.8. The Morgan fingerprint density at radius 2 is 1.52 bits per heavy atom. The van der Waals surface area contributed by atoms with Gasteiger partial charge in [-0.3, -0.25) is 0 Å². The second kappa shape index (κ2) is 10.3. The van der Waals surface area contributed by atoms with Crippen molar-refractivity contribution in [2.24, 2.45) is 0 Å². The number of hydrogen-bond donors (Lipinski definition) is 1. The number of aryl methyl sites for hydroxylation is 2. The zero-order valence-corrected chi connectivity index (χ0v) is 18.3. The predicted molar refractivity (Wildman–Crippen MR) is 117 cm³/mol. The molecule has 33 heavy (non-hydrogen) atoms. The van der Waals surface area contributed by atoms with Crippen molar-refractivity contribution in [3.8, 4) is 16.9 Å². The maximum absolute atomic E-state index is 14.9. The van der Waals surface area contributed by atoms with Crippen molar-refractivity contribution in [3.05, 3.63) is 88.7 Å². The summed E-state index contributed by atoms with van der Waals surface area (Å²) in [4.78, 5) is 0. The summed E-state index contributed by atoms with van der Waals surface area (Å²) in [6.45, 7) is 3.53. The molecule has 3 rings (SSSR count). The molecule has 0 amide bonds. The molecular formula is C26H25F5O2. The van der Waals surface area contributed by atoms with E-state index < -0.39 is 42.2 Å². The first-order chi connectivity index (χ1) is 15.6. The Kier molecular flexibility index (Phi) is 7.74. The first-order valence-corrected chi connectivity index (χ1v) is 10.6. The highest BCUT2D eigenvalue weighted by atomic mass is 19.3. The summed E-state index contributed by atoms with van der Waals surface area (Å²) in [6, 6.07) is 15.2. The molecule has 0 fully saturated rings. The molecule has 1 atom stereocenters. The average Bonchev–Trinajstić information content (AvgIpc) is 2.79. The minimum atomic E-state index is -3.75. The maximum atomic E-state index is 14.9. The van der Waals surface area contributed by atoms with Crippen molar-refractivity contribution in [1.82, 2.24) is 0 Å². The Labute approximate surface area is 189 Å². The van der Waals surface area contributed by atoms with Crippen LogP contribution in [0.15, 0.2) is 60.7 Å². The van der Waals surface area contributed by atoms with Crippen LogP contribution in [0.3, 0.4) is 0 Å². The molecule has 0 aliphatic heterocycles. The van der Waals surface area contributed by atoms with Crippen LogP contribution in [0, 0.1) is 5.82 Å². The predicted octanol–water partition coefficient (Wildman–Crippen LogP) is 7.65. The van der Waals surface area contributed by atoms with E-state index in [4.69, 9.17) is 0 Å². The van der Waals surface area contributed by atoms with Crippen molar-refractivity contribution in [1.29, 1.82) is 0 Å². The molecule has 0 aliphatic carbocycles. The van der Waals surface area contributed by atoms with E-state index >= 15 is 0 Å². The molecule has 0 spiro atoms. The smallest absolute Gasteiger partial charge is 0.398 e. The van der Waals surface area contributed by atoms with E-state index in [9.17, 15) is 27.1 Å². The fourth-order valence-electron chi connectivity index (χ4n) is 3.50. The average molecular weight is 464 g/mol. The lowest BCUT2D eigenvalue weighted by Gasteiger charge is -2.20. The van der Waals surface area contributed by atoms with Gasteiger partial charge in [-0.25, -0.2) is 13.2 Å². The van der Waals surface area contributed by atoms with Crippen LogP contribution in [-0.2, 0) is 12.8 Å². The van der Waals surface area contributed by atoms with E-state index in [1.54, 1.807) is 19.1 Å². The molecule has 0 bridgehead atoms. The molecule has 0 aliphatic rings. The molecule has 1 unspecified atom stereocenters. The van der Waals surface area contributed by atoms with Gasteiger partial charge in [-0.2, -0.15) is 8.78 Å². The molecule has 176 valence electrons.